The molecule has 1 aliphatic rings. The number of benzene rings is 2. The second kappa shape index (κ2) is 7.23. The van der Waals surface area contributed by atoms with Gasteiger partial charge in [0.1, 0.15) is 0 Å². The molecule has 1 saturated heterocycles. The minimum absolute atomic E-state index is 0.123. The lowest BCUT2D eigenvalue weighted by molar-refractivity contribution is 0.0324. The summed E-state index contributed by atoms with van der Waals surface area (Å²) < 4.78 is 32.8. The summed E-state index contributed by atoms with van der Waals surface area (Å²) in [6.45, 7) is 2.35. The van der Waals surface area contributed by atoms with Crippen molar-refractivity contribution < 1.29 is 13.2 Å². The second-order valence-electron chi connectivity index (χ2n) is 5.44. The maximum Gasteiger partial charge on any atom is 0.240 e. The zero-order valence-electron chi connectivity index (χ0n) is 12.7. The van der Waals surface area contributed by atoms with E-state index in [0.29, 0.717) is 13.2 Å². The van der Waals surface area contributed by atoms with Crippen molar-refractivity contribution in [1.82, 2.24) is 10.0 Å². The fraction of sp³-hybridized carbons (Fsp3) is 0.294. The van der Waals surface area contributed by atoms with E-state index in [1.807, 2.05) is 42.5 Å². The minimum Gasteiger partial charge on any atom is -0.374 e. The van der Waals surface area contributed by atoms with Crippen molar-refractivity contribution >= 4 is 10.0 Å². The van der Waals surface area contributed by atoms with Crippen molar-refractivity contribution in [2.24, 2.45) is 0 Å². The van der Waals surface area contributed by atoms with Crippen LogP contribution < -0.4 is 10.0 Å². The van der Waals surface area contributed by atoms with Gasteiger partial charge in [-0.3, -0.25) is 0 Å². The molecule has 5 nitrogen and oxygen atoms in total. The highest BCUT2D eigenvalue weighted by atomic mass is 32.2. The highest BCUT2D eigenvalue weighted by Gasteiger charge is 2.19. The third kappa shape index (κ3) is 4.17. The molecule has 6 heteroatoms. The van der Waals surface area contributed by atoms with E-state index in [4.69, 9.17) is 4.74 Å². The van der Waals surface area contributed by atoms with Gasteiger partial charge >= 0.3 is 0 Å². The van der Waals surface area contributed by atoms with Crippen molar-refractivity contribution in [3.05, 3.63) is 54.6 Å². The van der Waals surface area contributed by atoms with Gasteiger partial charge in [-0.1, -0.05) is 42.5 Å². The average Bonchev–Trinajstić information content (AvgIpc) is 2.62. The van der Waals surface area contributed by atoms with E-state index < -0.39 is 10.0 Å². The summed E-state index contributed by atoms with van der Waals surface area (Å²) in [5.74, 6) is 0. The van der Waals surface area contributed by atoms with Crippen LogP contribution >= 0.6 is 0 Å². The molecule has 1 atom stereocenters. The Labute approximate surface area is 136 Å². The third-order valence-electron chi connectivity index (χ3n) is 3.78. The van der Waals surface area contributed by atoms with Crippen LogP contribution in [0.3, 0.4) is 0 Å². The summed E-state index contributed by atoms with van der Waals surface area (Å²) in [5, 5.41) is 3.18. The van der Waals surface area contributed by atoms with Gasteiger partial charge in [0.15, 0.2) is 0 Å². The fourth-order valence-corrected chi connectivity index (χ4v) is 3.56. The molecule has 0 bridgehead atoms. The summed E-state index contributed by atoms with van der Waals surface area (Å²) in [5.41, 5.74) is 2.05. The number of sulfonamides is 1. The summed E-state index contributed by atoms with van der Waals surface area (Å²) in [6, 6.07) is 16.8. The van der Waals surface area contributed by atoms with Gasteiger partial charge in [0.25, 0.3) is 0 Å². The van der Waals surface area contributed by atoms with E-state index in [9.17, 15) is 8.42 Å². The normalized spacial score (nSPS) is 18.7. The summed E-state index contributed by atoms with van der Waals surface area (Å²) >= 11 is 0. The van der Waals surface area contributed by atoms with E-state index in [1.165, 1.54) is 0 Å². The Balaban J connectivity index is 1.67. The lowest BCUT2D eigenvalue weighted by Crippen LogP contribution is -2.45. The van der Waals surface area contributed by atoms with Crippen LogP contribution in [0.25, 0.3) is 11.1 Å². The molecule has 0 aliphatic carbocycles. The molecule has 2 N–H and O–H groups in total. The molecule has 0 radical (unpaired) electrons. The van der Waals surface area contributed by atoms with Crippen molar-refractivity contribution in [3.8, 4) is 11.1 Å². The molecule has 0 amide bonds. The van der Waals surface area contributed by atoms with Crippen LogP contribution in [0.15, 0.2) is 59.5 Å². The van der Waals surface area contributed by atoms with E-state index in [-0.39, 0.29) is 17.5 Å². The molecule has 0 saturated carbocycles. The first-order valence-corrected chi connectivity index (χ1v) is 9.11. The molecule has 1 aliphatic heterocycles. The number of nitrogens with one attached hydrogen (secondary N) is 2. The zero-order valence-corrected chi connectivity index (χ0v) is 13.6. The molecule has 122 valence electrons. The SMILES string of the molecule is O=S(=O)(NC[C@@H]1CNCCO1)c1ccc(-c2ccccc2)cc1. The molecule has 1 heterocycles. The van der Waals surface area contributed by atoms with Crippen LogP contribution in [0, 0.1) is 0 Å². The smallest absolute Gasteiger partial charge is 0.240 e. The second-order valence-corrected chi connectivity index (χ2v) is 7.21. The number of hydrogen-bond donors (Lipinski definition) is 2. The van der Waals surface area contributed by atoms with Crippen LogP contribution in [0.1, 0.15) is 0 Å². The maximum atomic E-state index is 12.3. The highest BCUT2D eigenvalue weighted by molar-refractivity contribution is 7.89. The van der Waals surface area contributed by atoms with E-state index >= 15 is 0 Å². The van der Waals surface area contributed by atoms with E-state index in [1.54, 1.807) is 12.1 Å². The van der Waals surface area contributed by atoms with Gasteiger partial charge in [0.2, 0.25) is 10.0 Å². The van der Waals surface area contributed by atoms with Crippen LogP contribution in [0.4, 0.5) is 0 Å². The highest BCUT2D eigenvalue weighted by Crippen LogP contribution is 2.20. The largest absolute Gasteiger partial charge is 0.374 e. The number of morpholine rings is 1. The van der Waals surface area contributed by atoms with Gasteiger partial charge in [0, 0.05) is 19.6 Å². The molecular weight excluding hydrogens is 312 g/mol. The molecule has 0 aromatic heterocycles. The Morgan fingerprint density at radius 2 is 1.74 bits per heavy atom. The first kappa shape index (κ1) is 16.1. The molecule has 1 fully saturated rings. The Morgan fingerprint density at radius 1 is 1.04 bits per heavy atom. The van der Waals surface area contributed by atoms with Crippen LogP contribution in [-0.4, -0.2) is 40.8 Å². The van der Waals surface area contributed by atoms with Gasteiger partial charge in [-0.2, -0.15) is 0 Å². The molecule has 23 heavy (non-hydrogen) atoms. The van der Waals surface area contributed by atoms with Gasteiger partial charge in [0.05, 0.1) is 17.6 Å². The third-order valence-corrected chi connectivity index (χ3v) is 5.22. The van der Waals surface area contributed by atoms with Crippen LogP contribution in [-0.2, 0) is 14.8 Å². The predicted molar refractivity (Wildman–Crippen MR) is 89.7 cm³/mol. The van der Waals surface area contributed by atoms with Gasteiger partial charge in [-0.05, 0) is 23.3 Å². The summed E-state index contributed by atoms with van der Waals surface area (Å²) in [7, 11) is -3.52. The summed E-state index contributed by atoms with van der Waals surface area (Å²) in [6.07, 6.45) is -0.123. The first-order valence-electron chi connectivity index (χ1n) is 7.63. The predicted octanol–water partition coefficient (Wildman–Crippen LogP) is 1.62. The van der Waals surface area contributed by atoms with Crippen molar-refractivity contribution in [1.29, 1.82) is 0 Å². The standard InChI is InChI=1S/C17H20N2O3S/c20-23(21,19-13-16-12-18-10-11-22-16)17-8-6-15(7-9-17)14-4-2-1-3-5-14/h1-9,16,18-19H,10-13H2/t16-/m0/s1. The Kier molecular flexibility index (Phi) is 5.07. The Hall–Kier alpha value is -1.73. The lowest BCUT2D eigenvalue weighted by atomic mass is 10.1. The van der Waals surface area contributed by atoms with E-state index in [2.05, 4.69) is 10.0 Å². The minimum atomic E-state index is -3.52. The van der Waals surface area contributed by atoms with Crippen molar-refractivity contribution in [2.45, 2.75) is 11.0 Å². The molecular formula is C17H20N2O3S. The Bertz CT molecular complexity index is 724. The topological polar surface area (TPSA) is 67.4 Å². The van der Waals surface area contributed by atoms with Gasteiger partial charge in [-0.15, -0.1) is 0 Å². The van der Waals surface area contributed by atoms with Gasteiger partial charge in [-0.25, -0.2) is 13.1 Å². The fourth-order valence-electron chi connectivity index (χ4n) is 2.49. The van der Waals surface area contributed by atoms with Crippen molar-refractivity contribution in [3.63, 3.8) is 0 Å². The van der Waals surface area contributed by atoms with Crippen molar-refractivity contribution in [2.75, 3.05) is 26.2 Å². The number of ether oxygens (including phenoxy) is 1. The number of hydrogen-bond acceptors (Lipinski definition) is 4. The van der Waals surface area contributed by atoms with E-state index in [0.717, 1.165) is 17.7 Å². The maximum absolute atomic E-state index is 12.3. The summed E-state index contributed by atoms with van der Waals surface area (Å²) in [4.78, 5) is 0.265. The first-order chi connectivity index (χ1) is 11.1. The average molecular weight is 332 g/mol. The Morgan fingerprint density at radius 3 is 2.39 bits per heavy atom. The van der Waals surface area contributed by atoms with Crippen LogP contribution in [0.2, 0.25) is 0 Å². The van der Waals surface area contributed by atoms with Gasteiger partial charge < -0.3 is 10.1 Å². The van der Waals surface area contributed by atoms with Crippen LogP contribution in [0.5, 0.6) is 0 Å². The molecule has 0 unspecified atom stereocenters. The molecule has 2 aromatic carbocycles. The molecule has 3 rings (SSSR count). The lowest BCUT2D eigenvalue weighted by Gasteiger charge is -2.23. The number of rotatable bonds is 5. The zero-order chi connectivity index (χ0) is 16.1. The quantitative estimate of drug-likeness (QED) is 0.873. The molecule has 0 spiro atoms. The monoisotopic (exact) mass is 332 g/mol. The molecule has 2 aromatic rings.